The molecule has 3 aromatic heterocycles. The van der Waals surface area contributed by atoms with Crippen molar-refractivity contribution in [3.63, 3.8) is 0 Å². The van der Waals surface area contributed by atoms with Gasteiger partial charge in [-0.25, -0.2) is 28.5 Å². The first-order valence-electron chi connectivity index (χ1n) is 9.05. The molecule has 1 aliphatic rings. The molecule has 1 unspecified atom stereocenters. The van der Waals surface area contributed by atoms with E-state index in [0.29, 0.717) is 0 Å². The quantitative estimate of drug-likeness (QED) is 0.412. The van der Waals surface area contributed by atoms with Gasteiger partial charge in [-0.3, -0.25) is 14.6 Å². The molecule has 4 N–H and O–H groups in total. The van der Waals surface area contributed by atoms with E-state index in [9.17, 15) is 28.0 Å². The van der Waals surface area contributed by atoms with Crippen LogP contribution in [0.3, 0.4) is 0 Å². The maximum absolute atomic E-state index is 14.6. The second-order valence-corrected chi connectivity index (χ2v) is 6.89. The van der Waals surface area contributed by atoms with Gasteiger partial charge < -0.3 is 19.7 Å². The number of anilines is 1. The van der Waals surface area contributed by atoms with Crippen molar-refractivity contribution in [1.82, 2.24) is 25.1 Å². The van der Waals surface area contributed by atoms with E-state index < -0.39 is 41.3 Å². The van der Waals surface area contributed by atoms with E-state index in [2.05, 4.69) is 20.2 Å². The Morgan fingerprint density at radius 1 is 1.25 bits per heavy atom. The number of hydrogen-bond donors (Lipinski definition) is 4. The third-order valence-electron chi connectivity index (χ3n) is 4.71. The standard InChI is InChI=1S/C18H14F2N6O6/c19-18(20)7-26(6-13(18)32-8-1-2-10(16(29)30)21-4-8)12-3-11(24-25-15(12)28)9-5-22-17(31)23-14(9)27/h1-5,13H,6-7H2,(H,25,28)(H,29,30)(H2,22,23,27,31). The first kappa shape index (κ1) is 20.9. The van der Waals surface area contributed by atoms with Crippen molar-refractivity contribution in [2.45, 2.75) is 12.0 Å². The highest BCUT2D eigenvalue weighted by Crippen LogP contribution is 2.33. The van der Waals surface area contributed by atoms with Crippen LogP contribution in [-0.2, 0) is 0 Å². The second kappa shape index (κ2) is 7.72. The molecule has 0 radical (unpaired) electrons. The number of hydrogen-bond acceptors (Lipinski definition) is 8. The van der Waals surface area contributed by atoms with Gasteiger partial charge in [0.1, 0.15) is 17.1 Å². The van der Waals surface area contributed by atoms with Crippen molar-refractivity contribution < 1.29 is 23.4 Å². The fourth-order valence-electron chi connectivity index (χ4n) is 3.17. The number of aromatic carboxylic acids is 1. The Labute approximate surface area is 175 Å². The normalized spacial score (nSPS) is 17.3. The van der Waals surface area contributed by atoms with Crippen LogP contribution >= 0.6 is 0 Å². The molecular weight excluding hydrogens is 434 g/mol. The van der Waals surface area contributed by atoms with E-state index in [1.54, 1.807) is 0 Å². The van der Waals surface area contributed by atoms with Gasteiger partial charge in [0.25, 0.3) is 11.1 Å². The van der Waals surface area contributed by atoms with Gasteiger partial charge in [-0.2, -0.15) is 5.10 Å². The number of alkyl halides is 2. The van der Waals surface area contributed by atoms with Gasteiger partial charge in [0.15, 0.2) is 6.10 Å². The van der Waals surface area contributed by atoms with Gasteiger partial charge in [0.2, 0.25) is 0 Å². The van der Waals surface area contributed by atoms with E-state index in [1.807, 2.05) is 4.98 Å². The van der Waals surface area contributed by atoms with E-state index in [1.165, 1.54) is 6.07 Å². The third kappa shape index (κ3) is 3.97. The predicted octanol–water partition coefficient (Wildman–Crippen LogP) is -0.190. The molecule has 0 saturated carbocycles. The SMILES string of the molecule is O=C(O)c1ccc(OC2CN(c3cc(-c4c[nH]c(=O)[nH]c4=O)n[nH]c3=O)CC2(F)F)cn1. The van der Waals surface area contributed by atoms with Crippen LogP contribution in [0.5, 0.6) is 5.75 Å². The molecule has 1 aliphatic heterocycles. The zero-order valence-corrected chi connectivity index (χ0v) is 16.0. The van der Waals surface area contributed by atoms with Crippen molar-refractivity contribution in [1.29, 1.82) is 0 Å². The zero-order chi connectivity index (χ0) is 23.0. The number of nitrogens with zero attached hydrogens (tertiary/aromatic N) is 3. The second-order valence-electron chi connectivity index (χ2n) is 6.89. The van der Waals surface area contributed by atoms with Crippen LogP contribution in [0.1, 0.15) is 10.5 Å². The van der Waals surface area contributed by atoms with E-state index in [4.69, 9.17) is 9.84 Å². The lowest BCUT2D eigenvalue weighted by molar-refractivity contribution is -0.0595. The van der Waals surface area contributed by atoms with Crippen LogP contribution in [0.2, 0.25) is 0 Å². The first-order valence-corrected chi connectivity index (χ1v) is 9.05. The fourth-order valence-corrected chi connectivity index (χ4v) is 3.17. The lowest BCUT2D eigenvalue weighted by Crippen LogP contribution is -2.36. The Morgan fingerprint density at radius 2 is 2.03 bits per heavy atom. The van der Waals surface area contributed by atoms with Crippen LogP contribution in [-0.4, -0.2) is 61.3 Å². The minimum absolute atomic E-state index is 0.0433. The lowest BCUT2D eigenvalue weighted by atomic mass is 10.2. The number of carboxylic acid groups (broad SMARTS) is 1. The molecule has 0 spiro atoms. The summed E-state index contributed by atoms with van der Waals surface area (Å²) in [5.41, 5.74) is -2.85. The van der Waals surface area contributed by atoms with Crippen LogP contribution < -0.4 is 26.4 Å². The zero-order valence-electron chi connectivity index (χ0n) is 16.0. The van der Waals surface area contributed by atoms with Gasteiger partial charge in [-0.15, -0.1) is 0 Å². The van der Waals surface area contributed by atoms with Gasteiger partial charge in [-0.1, -0.05) is 0 Å². The molecule has 4 rings (SSSR count). The molecule has 14 heteroatoms. The summed E-state index contributed by atoms with van der Waals surface area (Å²) in [6.45, 7) is -1.24. The number of nitrogens with one attached hydrogen (secondary N) is 3. The number of rotatable bonds is 5. The molecule has 1 atom stereocenters. The van der Waals surface area contributed by atoms with Crippen molar-refractivity contribution >= 4 is 11.7 Å². The summed E-state index contributed by atoms with van der Waals surface area (Å²) in [5.74, 6) is -4.70. The molecule has 1 saturated heterocycles. The molecule has 4 heterocycles. The van der Waals surface area contributed by atoms with Crippen LogP contribution in [0.25, 0.3) is 11.3 Å². The largest absolute Gasteiger partial charge is 0.481 e. The summed E-state index contributed by atoms with van der Waals surface area (Å²) < 4.78 is 34.5. The maximum atomic E-state index is 14.6. The Hall–Kier alpha value is -4.36. The molecule has 12 nitrogen and oxygen atoms in total. The number of aromatic amines is 3. The number of carbonyl (C=O) groups is 1. The van der Waals surface area contributed by atoms with Crippen molar-refractivity contribution in [3.05, 3.63) is 67.5 Å². The molecule has 0 amide bonds. The summed E-state index contributed by atoms with van der Waals surface area (Å²) >= 11 is 0. The maximum Gasteiger partial charge on any atom is 0.354 e. The number of pyridine rings is 1. The van der Waals surface area contributed by atoms with E-state index in [-0.39, 0.29) is 34.9 Å². The Kier molecular flexibility index (Phi) is 5.04. The molecule has 0 aliphatic carbocycles. The summed E-state index contributed by atoms with van der Waals surface area (Å²) in [7, 11) is 0. The number of carboxylic acids is 1. The van der Waals surface area contributed by atoms with Crippen molar-refractivity contribution in [2.75, 3.05) is 18.0 Å². The van der Waals surface area contributed by atoms with Gasteiger partial charge in [0.05, 0.1) is 30.5 Å². The predicted molar refractivity (Wildman–Crippen MR) is 104 cm³/mol. The average Bonchev–Trinajstić information content (AvgIpc) is 3.03. The van der Waals surface area contributed by atoms with Gasteiger partial charge in [-0.05, 0) is 18.2 Å². The molecule has 32 heavy (non-hydrogen) atoms. The summed E-state index contributed by atoms with van der Waals surface area (Å²) in [5, 5.41) is 14.7. The minimum atomic E-state index is -3.36. The van der Waals surface area contributed by atoms with Crippen LogP contribution in [0.4, 0.5) is 14.5 Å². The molecule has 3 aromatic rings. The van der Waals surface area contributed by atoms with Gasteiger partial charge >= 0.3 is 17.6 Å². The Balaban J connectivity index is 1.60. The molecule has 1 fully saturated rings. The van der Waals surface area contributed by atoms with Crippen molar-refractivity contribution in [2.24, 2.45) is 0 Å². The third-order valence-corrected chi connectivity index (χ3v) is 4.71. The number of H-pyrrole nitrogens is 3. The molecular formula is C18H14F2N6O6. The average molecular weight is 448 g/mol. The summed E-state index contributed by atoms with van der Waals surface area (Å²) in [6, 6.07) is 3.47. The number of halogens is 2. The van der Waals surface area contributed by atoms with E-state index in [0.717, 1.165) is 29.4 Å². The Bertz CT molecular complexity index is 1350. The van der Waals surface area contributed by atoms with E-state index >= 15 is 0 Å². The van der Waals surface area contributed by atoms with Gasteiger partial charge in [0, 0.05) is 6.20 Å². The molecule has 0 bridgehead atoms. The monoisotopic (exact) mass is 448 g/mol. The summed E-state index contributed by atoms with van der Waals surface area (Å²) in [4.78, 5) is 55.2. The first-order chi connectivity index (χ1) is 15.1. The topological polar surface area (TPSA) is 174 Å². The lowest BCUT2D eigenvalue weighted by Gasteiger charge is -2.18. The highest BCUT2D eigenvalue weighted by Gasteiger charge is 2.50. The molecule has 166 valence electrons. The van der Waals surface area contributed by atoms with Crippen LogP contribution in [0, 0.1) is 0 Å². The minimum Gasteiger partial charge on any atom is -0.481 e. The smallest absolute Gasteiger partial charge is 0.354 e. The number of ether oxygens (including phenoxy) is 1. The number of aromatic nitrogens is 5. The van der Waals surface area contributed by atoms with Crippen molar-refractivity contribution in [3.8, 4) is 17.0 Å². The fraction of sp³-hybridized carbons (Fsp3) is 0.222. The highest BCUT2D eigenvalue weighted by atomic mass is 19.3. The van der Waals surface area contributed by atoms with Crippen LogP contribution in [0.15, 0.2) is 45.0 Å². The Morgan fingerprint density at radius 3 is 2.69 bits per heavy atom. The summed E-state index contributed by atoms with van der Waals surface area (Å²) in [6.07, 6.45) is 0.443. The highest BCUT2D eigenvalue weighted by molar-refractivity contribution is 5.85. The molecule has 0 aromatic carbocycles.